The van der Waals surface area contributed by atoms with E-state index in [1.807, 2.05) is 18.2 Å². The monoisotopic (exact) mass is 498 g/mol. The van der Waals surface area contributed by atoms with Gasteiger partial charge in [0.05, 0.1) is 7.11 Å². The van der Waals surface area contributed by atoms with E-state index in [0.717, 1.165) is 23.5 Å². The Morgan fingerprint density at radius 3 is 1.43 bits per heavy atom. The maximum atomic E-state index is 7.44. The lowest BCUT2D eigenvalue weighted by atomic mass is 10.1. The van der Waals surface area contributed by atoms with E-state index in [4.69, 9.17) is 9.16 Å². The first-order valence-electron chi connectivity index (χ1n) is 12.5. The van der Waals surface area contributed by atoms with Crippen molar-refractivity contribution >= 4 is 29.6 Å². The van der Waals surface area contributed by atoms with Crippen LogP contribution in [0.5, 0.6) is 5.75 Å². The van der Waals surface area contributed by atoms with E-state index in [0.29, 0.717) is 0 Å². The van der Waals surface area contributed by atoms with E-state index < -0.39 is 8.32 Å². The standard InChI is InChI=1S/C34H30O2Si/c1-35-30-25-23-29(24-26-30)34(27-22-28-14-6-2-7-15-28)36-37(31-16-8-3-9-17-31,32-18-10-4-11-19-32)33-20-12-5-13-21-33/h2-21,23-27H,22H2,1H3/b34-27+. The topological polar surface area (TPSA) is 18.5 Å². The summed E-state index contributed by atoms with van der Waals surface area (Å²) in [6.07, 6.45) is 2.98. The summed E-state index contributed by atoms with van der Waals surface area (Å²) in [5, 5.41) is 3.60. The molecular weight excluding hydrogens is 468 g/mol. The van der Waals surface area contributed by atoms with Crippen molar-refractivity contribution in [3.63, 3.8) is 0 Å². The summed E-state index contributed by atoms with van der Waals surface area (Å²) in [5.74, 6) is 1.69. The maximum absolute atomic E-state index is 7.44. The highest BCUT2D eigenvalue weighted by Gasteiger charge is 2.44. The molecule has 5 aromatic carbocycles. The predicted molar refractivity (Wildman–Crippen MR) is 156 cm³/mol. The first-order chi connectivity index (χ1) is 18.3. The minimum atomic E-state index is -2.93. The Morgan fingerprint density at radius 1 is 0.568 bits per heavy atom. The number of ether oxygens (including phenoxy) is 1. The van der Waals surface area contributed by atoms with Crippen molar-refractivity contribution in [1.29, 1.82) is 0 Å². The van der Waals surface area contributed by atoms with Crippen molar-refractivity contribution in [2.75, 3.05) is 7.11 Å². The molecule has 0 heterocycles. The number of hydrogen-bond acceptors (Lipinski definition) is 2. The SMILES string of the molecule is COc1ccc(/C(=C\Cc2ccccc2)O[Si](c2ccccc2)(c2ccccc2)c2ccccc2)cc1. The van der Waals surface area contributed by atoms with Crippen LogP contribution in [0.3, 0.4) is 0 Å². The minimum Gasteiger partial charge on any atom is -0.530 e. The third-order valence-electron chi connectivity index (χ3n) is 6.54. The van der Waals surface area contributed by atoms with Crippen molar-refractivity contribution in [2.24, 2.45) is 0 Å². The summed E-state index contributed by atoms with van der Waals surface area (Å²) in [6, 6.07) is 50.7. The maximum Gasteiger partial charge on any atom is 0.346 e. The molecular formula is C34H30O2Si. The molecule has 0 aliphatic carbocycles. The molecule has 5 rings (SSSR count). The van der Waals surface area contributed by atoms with E-state index in [2.05, 4.69) is 133 Å². The zero-order valence-corrected chi connectivity index (χ0v) is 22.0. The first kappa shape index (κ1) is 24.4. The second kappa shape index (κ2) is 11.6. The summed E-state index contributed by atoms with van der Waals surface area (Å²) in [4.78, 5) is 0. The number of rotatable bonds is 9. The molecule has 0 spiro atoms. The number of hydrogen-bond donors (Lipinski definition) is 0. The van der Waals surface area contributed by atoms with Crippen molar-refractivity contribution < 1.29 is 9.16 Å². The number of benzene rings is 5. The normalized spacial score (nSPS) is 11.6. The van der Waals surface area contributed by atoms with E-state index in [1.165, 1.54) is 21.1 Å². The molecule has 0 bridgehead atoms. The molecule has 5 aromatic rings. The van der Waals surface area contributed by atoms with Crippen LogP contribution in [0.25, 0.3) is 5.76 Å². The van der Waals surface area contributed by atoms with Crippen LogP contribution in [0.1, 0.15) is 11.1 Å². The quantitative estimate of drug-likeness (QED) is 0.142. The van der Waals surface area contributed by atoms with Gasteiger partial charge in [0.2, 0.25) is 0 Å². The number of allylic oxidation sites excluding steroid dienone is 1. The molecule has 0 amide bonds. The van der Waals surface area contributed by atoms with Crippen molar-refractivity contribution in [3.8, 4) is 5.75 Å². The molecule has 0 saturated carbocycles. The van der Waals surface area contributed by atoms with Crippen LogP contribution in [0, 0.1) is 0 Å². The molecule has 0 atom stereocenters. The van der Waals surface area contributed by atoms with Gasteiger partial charge in [-0.2, -0.15) is 0 Å². The highest BCUT2D eigenvalue weighted by atomic mass is 28.4. The summed E-state index contributed by atoms with van der Waals surface area (Å²) in [5.41, 5.74) is 2.26. The van der Waals surface area contributed by atoms with Gasteiger partial charge in [0, 0.05) is 5.56 Å². The fourth-order valence-corrected chi connectivity index (χ4v) is 8.53. The molecule has 182 valence electrons. The minimum absolute atomic E-state index is 0.769. The largest absolute Gasteiger partial charge is 0.530 e. The average molecular weight is 499 g/mol. The van der Waals surface area contributed by atoms with Crippen LogP contribution < -0.4 is 20.3 Å². The molecule has 0 saturated heterocycles. The zero-order valence-electron chi connectivity index (χ0n) is 21.0. The van der Waals surface area contributed by atoms with E-state index in [-0.39, 0.29) is 0 Å². The average Bonchev–Trinajstić information content (AvgIpc) is 2.99. The lowest BCUT2D eigenvalue weighted by Gasteiger charge is -2.34. The molecule has 0 N–H and O–H groups in total. The molecule has 37 heavy (non-hydrogen) atoms. The molecule has 0 aliphatic rings. The smallest absolute Gasteiger partial charge is 0.346 e. The first-order valence-corrected chi connectivity index (χ1v) is 14.4. The molecule has 3 heteroatoms. The molecule has 0 fully saturated rings. The Kier molecular flexibility index (Phi) is 7.63. The Labute approximate surface area is 220 Å². The summed E-state index contributed by atoms with van der Waals surface area (Å²) in [7, 11) is -1.24. The van der Waals surface area contributed by atoms with Gasteiger partial charge in [-0.15, -0.1) is 0 Å². The van der Waals surface area contributed by atoms with Gasteiger partial charge >= 0.3 is 8.32 Å². The lowest BCUT2D eigenvalue weighted by molar-refractivity contribution is 0.414. The summed E-state index contributed by atoms with van der Waals surface area (Å²) < 4.78 is 12.9. The number of methoxy groups -OCH3 is 1. The van der Waals surface area contributed by atoms with E-state index >= 15 is 0 Å². The Hall–Kier alpha value is -4.34. The molecule has 0 unspecified atom stereocenters. The molecule has 2 nitrogen and oxygen atoms in total. The van der Waals surface area contributed by atoms with E-state index in [9.17, 15) is 0 Å². The molecule has 0 aromatic heterocycles. The van der Waals surface area contributed by atoms with Gasteiger partial charge in [-0.3, -0.25) is 0 Å². The lowest BCUT2D eigenvalue weighted by Crippen LogP contribution is -2.69. The van der Waals surface area contributed by atoms with Crippen LogP contribution in [0.2, 0.25) is 0 Å². The van der Waals surface area contributed by atoms with Gasteiger partial charge in [0.15, 0.2) is 0 Å². The Bertz CT molecular complexity index is 1320. The molecule has 0 aliphatic heterocycles. The van der Waals surface area contributed by atoms with Gasteiger partial charge in [-0.25, -0.2) is 0 Å². The second-order valence-corrected chi connectivity index (χ2v) is 12.2. The highest BCUT2D eigenvalue weighted by molar-refractivity contribution is 7.07. The van der Waals surface area contributed by atoms with Crippen LogP contribution >= 0.6 is 0 Å². The Morgan fingerprint density at radius 2 is 1.00 bits per heavy atom. The van der Waals surface area contributed by atoms with Gasteiger partial charge < -0.3 is 9.16 Å². The summed E-state index contributed by atoms with van der Waals surface area (Å²) in [6.45, 7) is 0. The van der Waals surface area contributed by atoms with Gasteiger partial charge in [-0.1, -0.05) is 121 Å². The van der Waals surface area contributed by atoms with Crippen LogP contribution in [0.15, 0.2) is 152 Å². The predicted octanol–water partition coefficient (Wildman–Crippen LogP) is 5.96. The van der Waals surface area contributed by atoms with Crippen LogP contribution in [-0.2, 0) is 10.8 Å². The highest BCUT2D eigenvalue weighted by Crippen LogP contribution is 2.25. The third kappa shape index (κ3) is 5.42. The van der Waals surface area contributed by atoms with Crippen LogP contribution in [0.4, 0.5) is 0 Å². The fourth-order valence-electron chi connectivity index (χ4n) is 4.66. The third-order valence-corrected chi connectivity index (χ3v) is 10.5. The van der Waals surface area contributed by atoms with Gasteiger partial charge in [0.1, 0.15) is 11.5 Å². The van der Waals surface area contributed by atoms with Gasteiger partial charge in [-0.05, 0) is 57.9 Å². The van der Waals surface area contributed by atoms with Crippen molar-refractivity contribution in [2.45, 2.75) is 6.42 Å². The van der Waals surface area contributed by atoms with Crippen molar-refractivity contribution in [1.82, 2.24) is 0 Å². The Balaban J connectivity index is 1.71. The van der Waals surface area contributed by atoms with E-state index in [1.54, 1.807) is 7.11 Å². The fraction of sp³-hybridized carbons (Fsp3) is 0.0588. The molecule has 0 radical (unpaired) electrons. The second-order valence-electron chi connectivity index (χ2n) is 8.87. The van der Waals surface area contributed by atoms with Gasteiger partial charge in [0.25, 0.3) is 0 Å². The zero-order chi connectivity index (χ0) is 25.3. The summed E-state index contributed by atoms with van der Waals surface area (Å²) >= 11 is 0. The van der Waals surface area contributed by atoms with Crippen molar-refractivity contribution in [3.05, 3.63) is 163 Å². The van der Waals surface area contributed by atoms with Crippen LogP contribution in [-0.4, -0.2) is 15.4 Å².